The minimum Gasteiger partial charge on any atom is -0.495 e. The van der Waals surface area contributed by atoms with Crippen molar-refractivity contribution in [2.75, 3.05) is 25.1 Å². The zero-order valence-corrected chi connectivity index (χ0v) is 10.7. The van der Waals surface area contributed by atoms with E-state index in [-0.39, 0.29) is 12.3 Å². The minimum atomic E-state index is -3.58. The van der Waals surface area contributed by atoms with Gasteiger partial charge in [-0.05, 0) is 18.2 Å². The number of rotatable bonds is 5. The Morgan fingerprint density at radius 3 is 2.61 bits per heavy atom. The number of carbonyl (C=O) groups excluding carboxylic acids is 1. The average Bonchev–Trinajstić information content (AvgIpc) is 2.27. The summed E-state index contributed by atoms with van der Waals surface area (Å²) in [5, 5.41) is 7.23. The van der Waals surface area contributed by atoms with Crippen molar-refractivity contribution < 1.29 is 17.9 Å². The first kappa shape index (κ1) is 14.3. The largest absolute Gasteiger partial charge is 0.495 e. The van der Waals surface area contributed by atoms with Gasteiger partial charge in [-0.25, -0.2) is 13.6 Å². The number of ether oxygens (including phenoxy) is 1. The number of nitrogen functional groups attached to an aromatic ring is 1. The van der Waals surface area contributed by atoms with Crippen LogP contribution in [0, 0.1) is 0 Å². The SMILES string of the molecule is COc1ccc(C(=O)NCCS(N)(=O)=O)cc1N. The smallest absolute Gasteiger partial charge is 0.251 e. The number of carbonyl (C=O) groups is 1. The van der Waals surface area contributed by atoms with Gasteiger partial charge in [-0.3, -0.25) is 4.79 Å². The Balaban J connectivity index is 2.65. The third kappa shape index (κ3) is 4.22. The van der Waals surface area contributed by atoms with Crippen molar-refractivity contribution in [2.45, 2.75) is 0 Å². The van der Waals surface area contributed by atoms with Crippen LogP contribution in [0.4, 0.5) is 5.69 Å². The maximum Gasteiger partial charge on any atom is 0.251 e. The molecule has 0 bridgehead atoms. The number of amides is 1. The van der Waals surface area contributed by atoms with Gasteiger partial charge < -0.3 is 15.8 Å². The maximum absolute atomic E-state index is 11.6. The number of hydrogen-bond donors (Lipinski definition) is 3. The van der Waals surface area contributed by atoms with Gasteiger partial charge in [-0.15, -0.1) is 0 Å². The van der Waals surface area contributed by atoms with Crippen molar-refractivity contribution in [1.29, 1.82) is 0 Å². The quantitative estimate of drug-likeness (QED) is 0.611. The Hall–Kier alpha value is -1.80. The average molecular weight is 273 g/mol. The van der Waals surface area contributed by atoms with Gasteiger partial charge in [0.25, 0.3) is 5.91 Å². The van der Waals surface area contributed by atoms with E-state index in [1.165, 1.54) is 19.2 Å². The molecule has 100 valence electrons. The van der Waals surface area contributed by atoms with Crippen LogP contribution in [0.25, 0.3) is 0 Å². The lowest BCUT2D eigenvalue weighted by Crippen LogP contribution is -2.31. The van der Waals surface area contributed by atoms with Gasteiger partial charge in [-0.1, -0.05) is 0 Å². The molecular weight excluding hydrogens is 258 g/mol. The molecule has 8 heteroatoms. The molecule has 1 amide bonds. The van der Waals surface area contributed by atoms with Gasteiger partial charge in [0.2, 0.25) is 10.0 Å². The first-order valence-corrected chi connectivity index (χ1v) is 6.77. The van der Waals surface area contributed by atoms with E-state index in [0.29, 0.717) is 17.0 Å². The summed E-state index contributed by atoms with van der Waals surface area (Å²) in [4.78, 5) is 11.6. The van der Waals surface area contributed by atoms with Crippen LogP contribution in [0.1, 0.15) is 10.4 Å². The van der Waals surface area contributed by atoms with E-state index in [4.69, 9.17) is 15.6 Å². The second-order valence-corrected chi connectivity index (χ2v) is 5.31. The van der Waals surface area contributed by atoms with E-state index in [9.17, 15) is 13.2 Å². The Bertz CT molecular complexity index is 542. The van der Waals surface area contributed by atoms with Crippen molar-refractivity contribution in [3.05, 3.63) is 23.8 Å². The molecule has 0 unspecified atom stereocenters. The van der Waals surface area contributed by atoms with E-state index >= 15 is 0 Å². The highest BCUT2D eigenvalue weighted by molar-refractivity contribution is 7.89. The lowest BCUT2D eigenvalue weighted by molar-refractivity contribution is 0.0956. The Morgan fingerprint density at radius 2 is 2.11 bits per heavy atom. The van der Waals surface area contributed by atoms with Crippen molar-refractivity contribution in [2.24, 2.45) is 5.14 Å². The molecule has 0 saturated heterocycles. The molecule has 0 aromatic heterocycles. The molecule has 18 heavy (non-hydrogen) atoms. The summed E-state index contributed by atoms with van der Waals surface area (Å²) >= 11 is 0. The van der Waals surface area contributed by atoms with Crippen LogP contribution in [-0.4, -0.2) is 33.7 Å². The summed E-state index contributed by atoms with van der Waals surface area (Å²) in [6.07, 6.45) is 0. The van der Waals surface area contributed by atoms with E-state index in [0.717, 1.165) is 0 Å². The summed E-state index contributed by atoms with van der Waals surface area (Å²) < 4.78 is 26.3. The van der Waals surface area contributed by atoms with Gasteiger partial charge in [0.1, 0.15) is 5.75 Å². The molecule has 0 aliphatic heterocycles. The molecule has 7 nitrogen and oxygen atoms in total. The van der Waals surface area contributed by atoms with Crippen molar-refractivity contribution in [3.63, 3.8) is 0 Å². The van der Waals surface area contributed by atoms with Crippen LogP contribution in [-0.2, 0) is 10.0 Å². The molecule has 0 saturated carbocycles. The van der Waals surface area contributed by atoms with Crippen molar-refractivity contribution >= 4 is 21.6 Å². The zero-order valence-electron chi connectivity index (χ0n) is 9.84. The Kier molecular flexibility index (Phi) is 4.51. The molecule has 0 aliphatic carbocycles. The lowest BCUT2D eigenvalue weighted by Gasteiger charge is -2.07. The number of primary sulfonamides is 1. The summed E-state index contributed by atoms with van der Waals surface area (Å²) in [6, 6.07) is 4.54. The number of methoxy groups -OCH3 is 1. The van der Waals surface area contributed by atoms with Crippen molar-refractivity contribution in [1.82, 2.24) is 5.32 Å². The van der Waals surface area contributed by atoms with E-state index in [1.807, 2.05) is 0 Å². The van der Waals surface area contributed by atoms with Gasteiger partial charge >= 0.3 is 0 Å². The maximum atomic E-state index is 11.6. The molecule has 1 aromatic carbocycles. The van der Waals surface area contributed by atoms with Crippen LogP contribution in [0.5, 0.6) is 5.75 Å². The highest BCUT2D eigenvalue weighted by Gasteiger charge is 2.09. The second kappa shape index (κ2) is 5.69. The molecule has 0 spiro atoms. The molecular formula is C10H15N3O4S. The Morgan fingerprint density at radius 1 is 1.44 bits per heavy atom. The molecule has 0 heterocycles. The first-order chi connectivity index (χ1) is 8.33. The highest BCUT2D eigenvalue weighted by Crippen LogP contribution is 2.21. The van der Waals surface area contributed by atoms with Gasteiger partial charge in [0.15, 0.2) is 0 Å². The number of sulfonamides is 1. The molecule has 0 radical (unpaired) electrons. The van der Waals surface area contributed by atoms with Crippen molar-refractivity contribution in [3.8, 4) is 5.75 Å². The van der Waals surface area contributed by atoms with Crippen LogP contribution < -0.4 is 20.9 Å². The minimum absolute atomic E-state index is 0.0520. The molecule has 0 atom stereocenters. The predicted molar refractivity (Wildman–Crippen MR) is 67.7 cm³/mol. The fourth-order valence-corrected chi connectivity index (χ4v) is 1.67. The summed E-state index contributed by atoms with van der Waals surface area (Å²) in [5.41, 5.74) is 6.30. The summed E-state index contributed by atoms with van der Waals surface area (Å²) in [7, 11) is -2.11. The van der Waals surface area contributed by atoms with Crippen LogP contribution in [0.3, 0.4) is 0 Å². The number of anilines is 1. The topological polar surface area (TPSA) is 125 Å². The van der Waals surface area contributed by atoms with Crippen LogP contribution in [0.2, 0.25) is 0 Å². The third-order valence-electron chi connectivity index (χ3n) is 2.16. The van der Waals surface area contributed by atoms with Gasteiger partial charge in [-0.2, -0.15) is 0 Å². The van der Waals surface area contributed by atoms with Crippen LogP contribution >= 0.6 is 0 Å². The van der Waals surface area contributed by atoms with Gasteiger partial charge in [0, 0.05) is 12.1 Å². The molecule has 1 rings (SSSR count). The van der Waals surface area contributed by atoms with Crippen LogP contribution in [0.15, 0.2) is 18.2 Å². The molecule has 0 fully saturated rings. The standard InChI is InChI=1S/C10H15N3O4S/c1-17-9-3-2-7(6-8(9)11)10(14)13-4-5-18(12,15)16/h2-3,6H,4-5,11H2,1H3,(H,13,14)(H2,12,15,16). The zero-order chi connectivity index (χ0) is 13.8. The predicted octanol–water partition coefficient (Wildman–Crippen LogP) is -0.704. The number of benzene rings is 1. The fourth-order valence-electron chi connectivity index (χ4n) is 1.28. The molecule has 1 aromatic rings. The summed E-state index contributed by atoms with van der Waals surface area (Å²) in [5.74, 6) is -0.270. The number of nitrogens with two attached hydrogens (primary N) is 2. The summed E-state index contributed by atoms with van der Waals surface area (Å²) in [6.45, 7) is -0.0520. The van der Waals surface area contributed by atoms with E-state index < -0.39 is 15.9 Å². The number of hydrogen-bond acceptors (Lipinski definition) is 5. The van der Waals surface area contributed by atoms with E-state index in [1.54, 1.807) is 6.07 Å². The molecule has 0 aliphatic rings. The first-order valence-electron chi connectivity index (χ1n) is 5.05. The lowest BCUT2D eigenvalue weighted by atomic mass is 10.2. The second-order valence-electron chi connectivity index (χ2n) is 3.58. The van der Waals surface area contributed by atoms with E-state index in [2.05, 4.69) is 5.32 Å². The van der Waals surface area contributed by atoms with Gasteiger partial charge in [0.05, 0.1) is 18.6 Å². The monoisotopic (exact) mass is 273 g/mol. The third-order valence-corrected chi connectivity index (χ3v) is 2.94. The highest BCUT2D eigenvalue weighted by atomic mass is 32.2. The molecule has 5 N–H and O–H groups in total. The number of nitrogens with one attached hydrogen (secondary N) is 1. The normalized spacial score (nSPS) is 11.0. The Labute approximate surface area is 105 Å². The fraction of sp³-hybridized carbons (Fsp3) is 0.300.